The van der Waals surface area contributed by atoms with Crippen LogP contribution in [0.2, 0.25) is 0 Å². The van der Waals surface area contributed by atoms with Crippen LogP contribution in [0.1, 0.15) is 5.56 Å². The summed E-state index contributed by atoms with van der Waals surface area (Å²) in [5.41, 5.74) is 1.19. The van der Waals surface area contributed by atoms with E-state index in [2.05, 4.69) is 11.8 Å². The van der Waals surface area contributed by atoms with Crippen molar-refractivity contribution in [3.8, 4) is 5.75 Å². The van der Waals surface area contributed by atoms with Gasteiger partial charge in [-0.25, -0.2) is 0 Å². The maximum Gasteiger partial charge on any atom is 0.118 e. The molecule has 0 fully saturated rings. The van der Waals surface area contributed by atoms with Crippen molar-refractivity contribution in [3.05, 3.63) is 29.8 Å². The first-order valence-corrected chi connectivity index (χ1v) is 4.07. The first kappa shape index (κ1) is 9.58. The predicted octanol–water partition coefficient (Wildman–Crippen LogP) is 1.74. The molecule has 0 N–H and O–H groups in total. The highest BCUT2D eigenvalue weighted by molar-refractivity contribution is 5.27. The van der Waals surface area contributed by atoms with Gasteiger partial charge in [-0.15, -0.1) is 0 Å². The second kappa shape index (κ2) is 4.50. The SMILES string of the molecule is C=NN(C)Cc1ccc(OC)cc1. The van der Waals surface area contributed by atoms with Gasteiger partial charge in [0.2, 0.25) is 0 Å². The molecule has 0 aliphatic heterocycles. The molecule has 0 spiro atoms. The van der Waals surface area contributed by atoms with Crippen LogP contribution in [-0.2, 0) is 6.54 Å². The Morgan fingerprint density at radius 3 is 2.46 bits per heavy atom. The third-order valence-corrected chi connectivity index (χ3v) is 1.81. The average molecular weight is 178 g/mol. The summed E-state index contributed by atoms with van der Waals surface area (Å²) < 4.78 is 5.05. The van der Waals surface area contributed by atoms with Crippen molar-refractivity contribution in [2.75, 3.05) is 14.2 Å². The van der Waals surface area contributed by atoms with E-state index in [1.54, 1.807) is 12.1 Å². The van der Waals surface area contributed by atoms with Gasteiger partial charge in [0.25, 0.3) is 0 Å². The average Bonchev–Trinajstić information content (AvgIpc) is 2.19. The largest absolute Gasteiger partial charge is 0.497 e. The van der Waals surface area contributed by atoms with Gasteiger partial charge in [0.15, 0.2) is 0 Å². The molecule has 0 aliphatic carbocycles. The summed E-state index contributed by atoms with van der Waals surface area (Å²) in [5, 5.41) is 5.56. The lowest BCUT2D eigenvalue weighted by atomic mass is 10.2. The van der Waals surface area contributed by atoms with E-state index in [1.807, 2.05) is 31.3 Å². The van der Waals surface area contributed by atoms with Gasteiger partial charge >= 0.3 is 0 Å². The van der Waals surface area contributed by atoms with Gasteiger partial charge in [0, 0.05) is 13.8 Å². The number of methoxy groups -OCH3 is 1. The number of rotatable bonds is 4. The highest BCUT2D eigenvalue weighted by Gasteiger charge is 1.96. The zero-order valence-electron chi connectivity index (χ0n) is 8.03. The number of nitrogens with zero attached hydrogens (tertiary/aromatic N) is 2. The quantitative estimate of drug-likeness (QED) is 0.518. The van der Waals surface area contributed by atoms with Crippen LogP contribution in [0, 0.1) is 0 Å². The molecule has 0 saturated heterocycles. The predicted molar refractivity (Wildman–Crippen MR) is 54.0 cm³/mol. The summed E-state index contributed by atoms with van der Waals surface area (Å²) in [7, 11) is 3.55. The maximum absolute atomic E-state index is 5.05. The fourth-order valence-electron chi connectivity index (χ4n) is 1.05. The van der Waals surface area contributed by atoms with E-state index in [9.17, 15) is 0 Å². The Hall–Kier alpha value is -1.51. The highest BCUT2D eigenvalue weighted by Crippen LogP contribution is 2.12. The summed E-state index contributed by atoms with van der Waals surface area (Å²) in [5.74, 6) is 0.873. The molecule has 1 aromatic rings. The van der Waals surface area contributed by atoms with Crippen LogP contribution in [0.15, 0.2) is 29.4 Å². The summed E-state index contributed by atoms with van der Waals surface area (Å²) in [6.07, 6.45) is 0. The summed E-state index contributed by atoms with van der Waals surface area (Å²) in [6.45, 7) is 4.21. The third kappa shape index (κ3) is 2.78. The van der Waals surface area contributed by atoms with Crippen molar-refractivity contribution in [2.45, 2.75) is 6.54 Å². The minimum Gasteiger partial charge on any atom is -0.497 e. The normalized spacial score (nSPS) is 9.38. The number of hydrogen-bond acceptors (Lipinski definition) is 3. The first-order chi connectivity index (χ1) is 6.26. The van der Waals surface area contributed by atoms with Gasteiger partial charge in [-0.3, -0.25) is 5.01 Å². The zero-order chi connectivity index (χ0) is 9.68. The van der Waals surface area contributed by atoms with E-state index >= 15 is 0 Å². The molecule has 0 atom stereocenters. The Balaban J connectivity index is 2.63. The Morgan fingerprint density at radius 1 is 1.38 bits per heavy atom. The van der Waals surface area contributed by atoms with Crippen LogP contribution in [-0.4, -0.2) is 25.9 Å². The minimum atomic E-state index is 0.771. The number of ether oxygens (including phenoxy) is 1. The van der Waals surface area contributed by atoms with Crippen molar-refractivity contribution in [3.63, 3.8) is 0 Å². The van der Waals surface area contributed by atoms with Crippen molar-refractivity contribution >= 4 is 6.72 Å². The van der Waals surface area contributed by atoms with Crippen LogP contribution in [0.3, 0.4) is 0 Å². The topological polar surface area (TPSA) is 24.8 Å². The van der Waals surface area contributed by atoms with Crippen LogP contribution >= 0.6 is 0 Å². The van der Waals surface area contributed by atoms with Gasteiger partial charge in [-0.1, -0.05) is 12.1 Å². The lowest BCUT2D eigenvalue weighted by molar-refractivity contribution is 0.350. The van der Waals surface area contributed by atoms with Crippen molar-refractivity contribution in [2.24, 2.45) is 5.10 Å². The number of hydrazone groups is 1. The van der Waals surface area contributed by atoms with E-state index in [0.717, 1.165) is 12.3 Å². The van der Waals surface area contributed by atoms with E-state index in [0.29, 0.717) is 0 Å². The molecule has 0 bridgehead atoms. The molecule has 0 unspecified atom stereocenters. The van der Waals surface area contributed by atoms with Crippen molar-refractivity contribution in [1.29, 1.82) is 0 Å². The molecule has 70 valence electrons. The van der Waals surface area contributed by atoms with E-state index in [4.69, 9.17) is 4.74 Å². The van der Waals surface area contributed by atoms with Gasteiger partial charge in [0.05, 0.1) is 13.7 Å². The molecule has 0 radical (unpaired) electrons. The summed E-state index contributed by atoms with van der Waals surface area (Å²) >= 11 is 0. The minimum absolute atomic E-state index is 0.771. The van der Waals surface area contributed by atoms with Gasteiger partial charge in [-0.05, 0) is 17.7 Å². The number of benzene rings is 1. The molecule has 3 heteroatoms. The smallest absolute Gasteiger partial charge is 0.118 e. The van der Waals surface area contributed by atoms with Crippen LogP contribution in [0.4, 0.5) is 0 Å². The van der Waals surface area contributed by atoms with E-state index in [-0.39, 0.29) is 0 Å². The van der Waals surface area contributed by atoms with Gasteiger partial charge in [-0.2, -0.15) is 5.10 Å². The molecule has 0 aromatic heterocycles. The van der Waals surface area contributed by atoms with Gasteiger partial charge in [0.1, 0.15) is 5.75 Å². The second-order valence-corrected chi connectivity index (χ2v) is 2.81. The Morgan fingerprint density at radius 2 is 2.00 bits per heavy atom. The molecule has 13 heavy (non-hydrogen) atoms. The maximum atomic E-state index is 5.05. The molecule has 1 rings (SSSR count). The monoisotopic (exact) mass is 178 g/mol. The van der Waals surface area contributed by atoms with E-state index < -0.39 is 0 Å². The lowest BCUT2D eigenvalue weighted by Crippen LogP contribution is -2.09. The van der Waals surface area contributed by atoms with Crippen molar-refractivity contribution in [1.82, 2.24) is 5.01 Å². The lowest BCUT2D eigenvalue weighted by Gasteiger charge is -2.11. The van der Waals surface area contributed by atoms with Crippen LogP contribution < -0.4 is 4.74 Å². The fraction of sp³-hybridized carbons (Fsp3) is 0.300. The molecule has 3 nitrogen and oxygen atoms in total. The molecule has 0 aliphatic rings. The Labute approximate surface area is 78.6 Å². The molecule has 0 amide bonds. The number of hydrogen-bond donors (Lipinski definition) is 0. The molecular formula is C10H14N2O. The van der Waals surface area contributed by atoms with E-state index in [1.165, 1.54) is 5.56 Å². The summed E-state index contributed by atoms with van der Waals surface area (Å²) in [6, 6.07) is 7.90. The Bertz CT molecular complexity index is 269. The molecule has 0 saturated carbocycles. The zero-order valence-corrected chi connectivity index (χ0v) is 8.03. The summed E-state index contributed by atoms with van der Waals surface area (Å²) in [4.78, 5) is 0. The fourth-order valence-corrected chi connectivity index (χ4v) is 1.05. The first-order valence-electron chi connectivity index (χ1n) is 4.07. The third-order valence-electron chi connectivity index (χ3n) is 1.81. The van der Waals surface area contributed by atoms with Gasteiger partial charge < -0.3 is 4.74 Å². The molecule has 1 aromatic carbocycles. The van der Waals surface area contributed by atoms with Crippen LogP contribution in [0.5, 0.6) is 5.75 Å². The highest BCUT2D eigenvalue weighted by atomic mass is 16.5. The second-order valence-electron chi connectivity index (χ2n) is 2.81. The standard InChI is InChI=1S/C10H14N2O/c1-11-12(2)8-9-4-6-10(13-3)7-5-9/h4-7H,1,8H2,2-3H3. The van der Waals surface area contributed by atoms with Crippen LogP contribution in [0.25, 0.3) is 0 Å². The van der Waals surface area contributed by atoms with Crippen molar-refractivity contribution < 1.29 is 4.74 Å². The molecule has 0 heterocycles. The Kier molecular flexibility index (Phi) is 3.31. The molecular weight excluding hydrogens is 164 g/mol.